The van der Waals surface area contributed by atoms with E-state index in [0.29, 0.717) is 36.8 Å². The average molecular weight is 548 g/mol. The van der Waals surface area contributed by atoms with Crippen LogP contribution in [0.4, 0.5) is 11.5 Å². The first-order chi connectivity index (χ1) is 18.8. The maximum absolute atomic E-state index is 13.1. The molecular weight excluding hydrogens is 510 g/mol. The molecule has 10 heteroatoms. The normalized spacial score (nSPS) is 17.6. The minimum absolute atomic E-state index is 0.0232. The van der Waals surface area contributed by atoms with E-state index in [1.54, 1.807) is 6.08 Å². The number of nitrogens with zero attached hydrogens (tertiary/aromatic N) is 6. The molecule has 0 bridgehead atoms. The predicted octanol–water partition coefficient (Wildman–Crippen LogP) is 4.23. The summed E-state index contributed by atoms with van der Waals surface area (Å²) in [4.78, 5) is 25.4. The van der Waals surface area contributed by atoms with Gasteiger partial charge >= 0.3 is 0 Å². The van der Waals surface area contributed by atoms with E-state index in [1.807, 2.05) is 61.3 Å². The van der Waals surface area contributed by atoms with E-state index >= 15 is 0 Å². The largest absolute Gasteiger partial charge is 0.383 e. The number of benzene rings is 1. The lowest BCUT2D eigenvalue weighted by Crippen LogP contribution is -2.33. The van der Waals surface area contributed by atoms with Gasteiger partial charge in [0.1, 0.15) is 17.8 Å². The molecule has 0 unspecified atom stereocenters. The second-order valence-electron chi connectivity index (χ2n) is 10.5. The van der Waals surface area contributed by atoms with Gasteiger partial charge < -0.3 is 20.1 Å². The number of amides is 1. The Morgan fingerprint density at radius 1 is 1.15 bits per heavy atom. The van der Waals surface area contributed by atoms with Crippen LogP contribution >= 0.6 is 0 Å². The monoisotopic (exact) mass is 547 g/mol. The van der Waals surface area contributed by atoms with E-state index in [1.165, 1.54) is 6.33 Å². The van der Waals surface area contributed by atoms with Crippen LogP contribution in [0.2, 0.25) is 0 Å². The van der Waals surface area contributed by atoms with Crippen LogP contribution in [-0.2, 0) is 21.6 Å². The number of likely N-dealkylation sites (N-methyl/N-ethyl adjacent to an activating group) is 1. The number of nitrogens with two attached hydrogens (primary N) is 1. The molecule has 5 rings (SSSR count). The van der Waals surface area contributed by atoms with Crippen LogP contribution in [-0.4, -0.2) is 79.7 Å². The summed E-state index contributed by atoms with van der Waals surface area (Å²) in [5, 5.41) is 0.809. The van der Waals surface area contributed by atoms with Crippen LogP contribution in [0.1, 0.15) is 31.4 Å². The molecule has 0 radical (unpaired) electrons. The summed E-state index contributed by atoms with van der Waals surface area (Å²) in [6.07, 6.45) is 11.0. The number of anilines is 1. The van der Waals surface area contributed by atoms with Crippen LogP contribution in [0.5, 0.6) is 0 Å². The van der Waals surface area contributed by atoms with Crippen molar-refractivity contribution in [2.75, 3.05) is 51.0 Å². The highest BCUT2D eigenvalue weighted by atomic mass is 32.2. The van der Waals surface area contributed by atoms with Crippen molar-refractivity contribution < 1.29 is 9.00 Å². The van der Waals surface area contributed by atoms with Crippen LogP contribution < -0.4 is 5.73 Å². The standard InChI is InChI=1S/C29H37N7O2S/c1-34(2)15-7-8-24(37)36-16-13-22(14-17-36)27-25(26-28(30)31-20-32-29(26)35(27)3)21-9-11-23(12-10-21)33-39(38)18-5-4-6-19-39/h7-13,20H,4-6,14-19H2,1-3H3,(H2,30,31,32)/b8-7+. The molecule has 2 aliphatic rings. The molecule has 1 saturated heterocycles. The van der Waals surface area contributed by atoms with Gasteiger partial charge in [-0.15, -0.1) is 0 Å². The molecule has 1 aromatic carbocycles. The molecule has 2 aromatic heterocycles. The van der Waals surface area contributed by atoms with E-state index in [0.717, 1.165) is 64.9 Å². The van der Waals surface area contributed by atoms with Gasteiger partial charge in [-0.25, -0.2) is 14.2 Å². The highest BCUT2D eigenvalue weighted by Gasteiger charge is 2.25. The summed E-state index contributed by atoms with van der Waals surface area (Å²) >= 11 is 0. The molecule has 39 heavy (non-hydrogen) atoms. The summed E-state index contributed by atoms with van der Waals surface area (Å²) in [6.45, 7) is 1.89. The summed E-state index contributed by atoms with van der Waals surface area (Å²) < 4.78 is 19.9. The van der Waals surface area contributed by atoms with Crippen molar-refractivity contribution in [2.24, 2.45) is 11.4 Å². The molecule has 4 heterocycles. The van der Waals surface area contributed by atoms with Crippen molar-refractivity contribution in [2.45, 2.75) is 25.7 Å². The van der Waals surface area contributed by atoms with Crippen LogP contribution in [0.15, 0.2) is 53.2 Å². The summed E-state index contributed by atoms with van der Waals surface area (Å²) in [6, 6.07) is 7.91. The van der Waals surface area contributed by atoms with Gasteiger partial charge in [0.25, 0.3) is 0 Å². The highest BCUT2D eigenvalue weighted by molar-refractivity contribution is 7.93. The summed E-state index contributed by atoms with van der Waals surface area (Å²) in [5.41, 5.74) is 12.0. The second kappa shape index (κ2) is 11.3. The Kier molecular flexibility index (Phi) is 7.86. The molecule has 2 aliphatic heterocycles. The van der Waals surface area contributed by atoms with Crippen molar-refractivity contribution in [1.82, 2.24) is 24.3 Å². The molecule has 0 spiro atoms. The van der Waals surface area contributed by atoms with Gasteiger partial charge in [0.15, 0.2) is 0 Å². The zero-order valence-corrected chi connectivity index (χ0v) is 23.8. The molecule has 2 N–H and O–H groups in total. The number of rotatable bonds is 6. The summed E-state index contributed by atoms with van der Waals surface area (Å²) in [7, 11) is 3.77. The average Bonchev–Trinajstić information content (AvgIpc) is 3.22. The number of aromatic nitrogens is 3. The molecule has 1 amide bonds. The predicted molar refractivity (Wildman–Crippen MR) is 159 cm³/mol. The fraction of sp³-hybridized carbons (Fsp3) is 0.414. The molecule has 3 aromatic rings. The molecule has 1 fully saturated rings. The number of carbonyl (C=O) groups is 1. The van der Waals surface area contributed by atoms with Gasteiger partial charge in [-0.3, -0.25) is 4.79 Å². The lowest BCUT2D eigenvalue weighted by atomic mass is 9.95. The van der Waals surface area contributed by atoms with Crippen molar-refractivity contribution in [3.05, 3.63) is 54.5 Å². The zero-order chi connectivity index (χ0) is 27.6. The van der Waals surface area contributed by atoms with Gasteiger partial charge in [-0.2, -0.15) is 4.36 Å². The molecule has 9 nitrogen and oxygen atoms in total. The van der Waals surface area contributed by atoms with E-state index in [2.05, 4.69) is 25.0 Å². The Balaban J connectivity index is 1.50. The van der Waals surface area contributed by atoms with Crippen molar-refractivity contribution >= 4 is 43.7 Å². The fourth-order valence-corrected chi connectivity index (χ4v) is 7.60. The van der Waals surface area contributed by atoms with Crippen LogP contribution in [0.25, 0.3) is 27.7 Å². The lowest BCUT2D eigenvalue weighted by Gasteiger charge is -2.26. The smallest absolute Gasteiger partial charge is 0.246 e. The van der Waals surface area contributed by atoms with Crippen LogP contribution in [0, 0.1) is 0 Å². The fourth-order valence-electron chi connectivity index (χ4n) is 5.39. The number of fused-ring (bicyclic) bond motifs is 1. The molecule has 0 aliphatic carbocycles. The van der Waals surface area contributed by atoms with E-state index in [4.69, 9.17) is 5.73 Å². The lowest BCUT2D eigenvalue weighted by molar-refractivity contribution is -0.125. The Morgan fingerprint density at radius 2 is 1.90 bits per heavy atom. The Morgan fingerprint density at radius 3 is 2.56 bits per heavy atom. The van der Waals surface area contributed by atoms with Gasteiger partial charge in [0.2, 0.25) is 5.91 Å². The van der Waals surface area contributed by atoms with Crippen LogP contribution in [0.3, 0.4) is 0 Å². The maximum Gasteiger partial charge on any atom is 0.246 e. The van der Waals surface area contributed by atoms with Gasteiger partial charge in [-0.1, -0.05) is 30.7 Å². The topological polar surface area (TPSA) is 110 Å². The number of nitrogen functional groups attached to an aromatic ring is 1. The first-order valence-corrected chi connectivity index (χ1v) is 15.3. The third kappa shape index (κ3) is 5.77. The first-order valence-electron chi connectivity index (χ1n) is 13.5. The Bertz CT molecular complexity index is 1550. The third-order valence-corrected chi connectivity index (χ3v) is 9.80. The number of carbonyl (C=O) groups excluding carboxylic acids is 1. The quantitative estimate of drug-likeness (QED) is 0.463. The molecule has 0 saturated carbocycles. The number of hydrogen-bond acceptors (Lipinski definition) is 7. The van der Waals surface area contributed by atoms with Gasteiger partial charge in [0.05, 0.1) is 26.5 Å². The minimum atomic E-state index is -2.17. The van der Waals surface area contributed by atoms with Gasteiger partial charge in [0, 0.05) is 49.8 Å². The Hall–Kier alpha value is -3.50. The van der Waals surface area contributed by atoms with Crippen molar-refractivity contribution in [3.8, 4) is 11.1 Å². The number of aryl methyl sites for hydroxylation is 1. The summed E-state index contributed by atoms with van der Waals surface area (Å²) in [5.74, 6) is 1.80. The van der Waals surface area contributed by atoms with E-state index in [-0.39, 0.29) is 5.91 Å². The zero-order valence-electron chi connectivity index (χ0n) is 23.0. The molecular formula is C29H37N7O2S. The van der Waals surface area contributed by atoms with E-state index in [9.17, 15) is 9.00 Å². The second-order valence-corrected chi connectivity index (χ2v) is 13.1. The number of hydrogen-bond donors (Lipinski definition) is 1. The van der Waals surface area contributed by atoms with E-state index < -0.39 is 9.73 Å². The molecule has 0 atom stereocenters. The third-order valence-electron chi connectivity index (χ3n) is 7.41. The van der Waals surface area contributed by atoms with Crippen molar-refractivity contribution in [3.63, 3.8) is 0 Å². The minimum Gasteiger partial charge on any atom is -0.383 e. The highest BCUT2D eigenvalue weighted by Crippen LogP contribution is 2.41. The molecule has 206 valence electrons. The Labute approximate surface area is 230 Å². The first kappa shape index (κ1) is 27.1. The van der Waals surface area contributed by atoms with Crippen molar-refractivity contribution in [1.29, 1.82) is 0 Å². The van der Waals surface area contributed by atoms with Gasteiger partial charge in [-0.05, 0) is 56.6 Å². The SMILES string of the molecule is CN(C)C/C=C/C(=O)N1CC=C(c2c(-c3ccc(N=S4(=O)CCCCC4)cc3)c3c(N)ncnc3n2C)CC1. The maximum atomic E-state index is 13.1.